The highest BCUT2D eigenvalue weighted by molar-refractivity contribution is 5.78. The molecule has 0 aliphatic rings. The van der Waals surface area contributed by atoms with Crippen LogP contribution in [-0.2, 0) is 6.54 Å². The van der Waals surface area contributed by atoms with E-state index in [0.717, 1.165) is 6.54 Å². The third-order valence-corrected chi connectivity index (χ3v) is 2.00. The lowest BCUT2D eigenvalue weighted by Crippen LogP contribution is -2.30. The van der Waals surface area contributed by atoms with E-state index in [9.17, 15) is 4.79 Å². The smallest absolute Gasteiger partial charge is 0.245 e. The van der Waals surface area contributed by atoms with Gasteiger partial charge in [0.05, 0.1) is 6.54 Å². The van der Waals surface area contributed by atoms with Crippen molar-refractivity contribution in [3.05, 3.63) is 37.4 Å². The Kier molecular flexibility index (Phi) is 2.14. The first-order valence-corrected chi connectivity index (χ1v) is 4.41. The Morgan fingerprint density at radius 1 is 1.43 bits per heavy atom. The zero-order chi connectivity index (χ0) is 9.97. The third-order valence-electron chi connectivity index (χ3n) is 2.00. The van der Waals surface area contributed by atoms with Crippen molar-refractivity contribution in [1.82, 2.24) is 14.1 Å². The first-order chi connectivity index (χ1) is 6.81. The number of hydrogen-bond donors (Lipinski definition) is 0. The van der Waals surface area contributed by atoms with E-state index in [1.165, 1.54) is 15.5 Å². The summed E-state index contributed by atoms with van der Waals surface area (Å²) in [4.78, 5) is 15.5. The number of carbonyl (C=O) groups is 1. The van der Waals surface area contributed by atoms with Crippen molar-refractivity contribution in [3.63, 3.8) is 0 Å². The van der Waals surface area contributed by atoms with Crippen LogP contribution < -0.4 is 4.57 Å². The summed E-state index contributed by atoms with van der Waals surface area (Å²) in [6.45, 7) is 2.87. The van der Waals surface area contributed by atoms with E-state index in [0.29, 0.717) is 0 Å². The molecular weight excluding hydrogens is 180 g/mol. The lowest BCUT2D eigenvalue weighted by atomic mass is 10.7. The summed E-state index contributed by atoms with van der Waals surface area (Å²) in [5.74, 6) is 0. The van der Waals surface area contributed by atoms with Gasteiger partial charge >= 0.3 is 6.03 Å². The molecule has 2 aromatic heterocycles. The number of rotatable bonds is 1. The maximum atomic E-state index is 11.7. The zero-order valence-corrected chi connectivity index (χ0v) is 7.87. The summed E-state index contributed by atoms with van der Waals surface area (Å²) < 4.78 is 4.88. The summed E-state index contributed by atoms with van der Waals surface area (Å²) in [5.41, 5.74) is 0. The molecular formula is C9H11N4O+. The Bertz CT molecular complexity index is 429. The molecule has 0 aliphatic heterocycles. The van der Waals surface area contributed by atoms with Crippen LogP contribution in [0.25, 0.3) is 0 Å². The largest absolute Gasteiger partial charge is 0.425 e. The molecule has 0 saturated heterocycles. The summed E-state index contributed by atoms with van der Waals surface area (Å²) in [6, 6.07) is -0.130. The highest BCUT2D eigenvalue weighted by Crippen LogP contribution is 1.91. The van der Waals surface area contributed by atoms with Crippen molar-refractivity contribution < 1.29 is 9.36 Å². The Hall–Kier alpha value is -1.91. The molecule has 72 valence electrons. The zero-order valence-electron chi connectivity index (χ0n) is 7.87. The van der Waals surface area contributed by atoms with Gasteiger partial charge in [0, 0.05) is 12.4 Å². The first kappa shape index (κ1) is 8.68. The van der Waals surface area contributed by atoms with Crippen LogP contribution in [0.5, 0.6) is 0 Å². The minimum absolute atomic E-state index is 0.130. The highest BCUT2D eigenvalue weighted by Gasteiger charge is 2.13. The SMILES string of the molecule is CC[n+]1ccn(C(=O)n2ccnc2)c1. The van der Waals surface area contributed by atoms with Gasteiger partial charge in [-0.3, -0.25) is 0 Å². The fraction of sp³-hybridized carbons (Fsp3) is 0.222. The lowest BCUT2D eigenvalue weighted by Gasteiger charge is -1.93. The van der Waals surface area contributed by atoms with Crippen molar-refractivity contribution in [2.24, 2.45) is 0 Å². The fourth-order valence-corrected chi connectivity index (χ4v) is 1.20. The summed E-state index contributed by atoms with van der Waals surface area (Å²) in [6.07, 6.45) is 10.0. The number of carbonyl (C=O) groups excluding carboxylic acids is 1. The Morgan fingerprint density at radius 2 is 2.29 bits per heavy atom. The second-order valence-corrected chi connectivity index (χ2v) is 2.90. The molecule has 0 N–H and O–H groups in total. The summed E-state index contributed by atoms with van der Waals surface area (Å²) in [5, 5.41) is 0. The van der Waals surface area contributed by atoms with E-state index < -0.39 is 0 Å². The van der Waals surface area contributed by atoms with Crippen molar-refractivity contribution in [3.8, 4) is 0 Å². The molecule has 2 rings (SSSR count). The average Bonchev–Trinajstić information content (AvgIpc) is 2.88. The van der Waals surface area contributed by atoms with Gasteiger partial charge in [0.1, 0.15) is 18.7 Å². The van der Waals surface area contributed by atoms with Gasteiger partial charge in [-0.2, -0.15) is 4.57 Å². The van der Waals surface area contributed by atoms with Crippen molar-refractivity contribution in [2.45, 2.75) is 13.5 Å². The molecule has 0 radical (unpaired) electrons. The topological polar surface area (TPSA) is 43.7 Å². The van der Waals surface area contributed by atoms with Crippen LogP contribution in [0.3, 0.4) is 0 Å². The normalized spacial score (nSPS) is 10.4. The second-order valence-electron chi connectivity index (χ2n) is 2.90. The molecule has 0 saturated carbocycles. The summed E-state index contributed by atoms with van der Waals surface area (Å²) in [7, 11) is 0. The van der Waals surface area contributed by atoms with Gasteiger partial charge in [0.25, 0.3) is 6.33 Å². The molecule has 0 atom stereocenters. The van der Waals surface area contributed by atoms with Crippen molar-refractivity contribution in [2.75, 3.05) is 0 Å². The quantitative estimate of drug-likeness (QED) is 0.616. The summed E-state index contributed by atoms with van der Waals surface area (Å²) >= 11 is 0. The molecule has 0 fully saturated rings. The Labute approximate surface area is 81.2 Å². The molecule has 2 aromatic rings. The molecule has 14 heavy (non-hydrogen) atoms. The van der Waals surface area contributed by atoms with Crippen LogP contribution >= 0.6 is 0 Å². The van der Waals surface area contributed by atoms with Crippen molar-refractivity contribution in [1.29, 1.82) is 0 Å². The molecule has 5 heteroatoms. The Morgan fingerprint density at radius 3 is 2.86 bits per heavy atom. The van der Waals surface area contributed by atoms with E-state index >= 15 is 0 Å². The molecule has 0 amide bonds. The number of aryl methyl sites for hydroxylation is 1. The monoisotopic (exact) mass is 191 g/mol. The van der Waals surface area contributed by atoms with Gasteiger partial charge in [0.2, 0.25) is 0 Å². The Balaban J connectivity index is 2.28. The van der Waals surface area contributed by atoms with Gasteiger partial charge in [-0.25, -0.2) is 18.9 Å². The number of aromatic nitrogens is 4. The molecule has 5 nitrogen and oxygen atoms in total. The number of nitrogens with zero attached hydrogens (tertiary/aromatic N) is 4. The van der Waals surface area contributed by atoms with E-state index in [1.54, 1.807) is 24.9 Å². The molecule has 0 aliphatic carbocycles. The second kappa shape index (κ2) is 3.45. The lowest BCUT2D eigenvalue weighted by molar-refractivity contribution is -0.692. The van der Waals surface area contributed by atoms with Crippen LogP contribution in [0.2, 0.25) is 0 Å². The van der Waals surface area contributed by atoms with Gasteiger partial charge < -0.3 is 0 Å². The van der Waals surface area contributed by atoms with E-state index in [-0.39, 0.29) is 6.03 Å². The average molecular weight is 191 g/mol. The van der Waals surface area contributed by atoms with Gasteiger partial charge in [-0.15, -0.1) is 0 Å². The predicted molar refractivity (Wildman–Crippen MR) is 48.7 cm³/mol. The minimum Gasteiger partial charge on any atom is -0.245 e. The van der Waals surface area contributed by atoms with E-state index in [2.05, 4.69) is 4.98 Å². The van der Waals surface area contributed by atoms with Crippen LogP contribution in [-0.4, -0.2) is 20.1 Å². The number of imidazole rings is 2. The maximum absolute atomic E-state index is 11.7. The maximum Gasteiger partial charge on any atom is 0.425 e. The standard InChI is InChI=1S/C9H11N4O/c1-2-11-5-6-13(8-11)9(14)12-4-3-10-7-12/h3-8H,2H2,1H3/q+1. The van der Waals surface area contributed by atoms with E-state index in [1.807, 2.05) is 17.7 Å². The van der Waals surface area contributed by atoms with Crippen molar-refractivity contribution >= 4 is 6.03 Å². The fourth-order valence-electron chi connectivity index (χ4n) is 1.20. The van der Waals surface area contributed by atoms with Crippen LogP contribution in [0.4, 0.5) is 4.79 Å². The molecule has 0 bridgehead atoms. The van der Waals surface area contributed by atoms with Crippen LogP contribution in [0.15, 0.2) is 37.4 Å². The van der Waals surface area contributed by atoms with Crippen LogP contribution in [0, 0.1) is 0 Å². The molecule has 0 spiro atoms. The van der Waals surface area contributed by atoms with Gasteiger partial charge in [0.15, 0.2) is 0 Å². The van der Waals surface area contributed by atoms with Gasteiger partial charge in [-0.1, -0.05) is 0 Å². The van der Waals surface area contributed by atoms with Gasteiger partial charge in [-0.05, 0) is 6.92 Å². The predicted octanol–water partition coefficient (Wildman–Crippen LogP) is 0.508. The number of hydrogen-bond acceptors (Lipinski definition) is 2. The first-order valence-electron chi connectivity index (χ1n) is 4.41. The third kappa shape index (κ3) is 1.44. The van der Waals surface area contributed by atoms with Crippen LogP contribution in [0.1, 0.15) is 6.92 Å². The minimum atomic E-state index is -0.130. The molecule has 0 aromatic carbocycles. The van der Waals surface area contributed by atoms with E-state index in [4.69, 9.17) is 0 Å². The molecule has 0 unspecified atom stereocenters. The molecule has 2 heterocycles. The highest BCUT2D eigenvalue weighted by atomic mass is 16.2.